The molecule has 1 amide bonds. The highest BCUT2D eigenvalue weighted by Crippen LogP contribution is 2.32. The molecular formula is C16H15ClN6O2. The molecular weight excluding hydrogens is 344 g/mol. The molecule has 2 heterocycles. The number of amides is 1. The van der Waals surface area contributed by atoms with Crippen LogP contribution in [-0.4, -0.2) is 33.8 Å². The molecule has 0 unspecified atom stereocenters. The van der Waals surface area contributed by atoms with Gasteiger partial charge >= 0.3 is 0 Å². The van der Waals surface area contributed by atoms with Crippen molar-refractivity contribution in [1.82, 2.24) is 14.9 Å². The van der Waals surface area contributed by atoms with Crippen LogP contribution in [0.3, 0.4) is 0 Å². The first-order valence-corrected chi connectivity index (χ1v) is 7.55. The lowest BCUT2D eigenvalue weighted by molar-refractivity contribution is 0.0864. The number of guanidine groups is 1. The second kappa shape index (κ2) is 6.33. The van der Waals surface area contributed by atoms with Gasteiger partial charge in [-0.2, -0.15) is 0 Å². The molecule has 8 nitrogen and oxygen atoms in total. The number of anilines is 1. The first-order chi connectivity index (χ1) is 11.8. The summed E-state index contributed by atoms with van der Waals surface area (Å²) in [4.78, 5) is 20.2. The predicted octanol–water partition coefficient (Wildman–Crippen LogP) is 2.56. The van der Waals surface area contributed by atoms with Crippen molar-refractivity contribution < 1.29 is 9.53 Å². The minimum absolute atomic E-state index is 0.261. The average Bonchev–Trinajstić information content (AvgIpc) is 2.98. The van der Waals surface area contributed by atoms with Gasteiger partial charge in [0.15, 0.2) is 5.96 Å². The Hall–Kier alpha value is -3.26. The summed E-state index contributed by atoms with van der Waals surface area (Å²) in [5.41, 5.74) is 12.4. The largest absolute Gasteiger partial charge is 0.456 e. The number of carbonyl (C=O) groups is 1. The van der Waals surface area contributed by atoms with E-state index in [-0.39, 0.29) is 11.7 Å². The summed E-state index contributed by atoms with van der Waals surface area (Å²) in [6.07, 6.45) is 3.04. The molecule has 0 bridgehead atoms. The highest BCUT2D eigenvalue weighted by molar-refractivity contribution is 6.35. The Balaban J connectivity index is 1.96. The third-order valence-electron chi connectivity index (χ3n) is 3.53. The van der Waals surface area contributed by atoms with Crippen LogP contribution in [-0.2, 0) is 0 Å². The Labute approximate surface area is 147 Å². The lowest BCUT2D eigenvalue weighted by Gasteiger charge is -2.12. The smallest absolute Gasteiger partial charge is 0.276 e. The number of halogens is 1. The van der Waals surface area contributed by atoms with E-state index in [1.165, 1.54) is 19.4 Å². The average molecular weight is 359 g/mol. The third kappa shape index (κ3) is 3.33. The number of benzene rings is 1. The van der Waals surface area contributed by atoms with Crippen LogP contribution in [0.5, 0.6) is 11.5 Å². The number of aromatic amines is 1. The van der Waals surface area contributed by atoms with Gasteiger partial charge < -0.3 is 21.2 Å². The van der Waals surface area contributed by atoms with Crippen LogP contribution in [0.4, 0.5) is 5.69 Å². The molecule has 25 heavy (non-hydrogen) atoms. The van der Waals surface area contributed by atoms with Gasteiger partial charge in [-0.25, -0.2) is 0 Å². The Morgan fingerprint density at radius 1 is 1.28 bits per heavy atom. The predicted molar refractivity (Wildman–Crippen MR) is 96.0 cm³/mol. The van der Waals surface area contributed by atoms with Crippen LogP contribution in [0.1, 0.15) is 10.5 Å². The lowest BCUT2D eigenvalue weighted by atomic mass is 10.2. The topological polar surface area (TPSA) is 134 Å². The van der Waals surface area contributed by atoms with E-state index in [2.05, 4.69) is 9.97 Å². The highest BCUT2D eigenvalue weighted by Gasteiger charge is 2.18. The van der Waals surface area contributed by atoms with E-state index in [4.69, 9.17) is 33.2 Å². The number of H-pyrrole nitrogens is 1. The number of nitrogens with two attached hydrogens (primary N) is 2. The number of nitrogens with one attached hydrogen (secondary N) is 2. The Bertz CT molecular complexity index is 984. The van der Waals surface area contributed by atoms with Crippen LogP contribution < -0.4 is 16.2 Å². The number of ether oxygens (including phenoxy) is 1. The molecule has 3 rings (SSSR count). The molecule has 2 aromatic heterocycles. The molecule has 0 aliphatic heterocycles. The quantitative estimate of drug-likeness (QED) is 0.421. The van der Waals surface area contributed by atoms with E-state index < -0.39 is 5.91 Å². The van der Waals surface area contributed by atoms with Crippen molar-refractivity contribution in [3.63, 3.8) is 0 Å². The molecule has 0 aliphatic rings. The van der Waals surface area contributed by atoms with Crippen molar-refractivity contribution in [2.24, 2.45) is 5.73 Å². The summed E-state index contributed by atoms with van der Waals surface area (Å²) < 4.78 is 5.71. The normalized spacial score (nSPS) is 10.6. The van der Waals surface area contributed by atoms with Crippen LogP contribution in [0.2, 0.25) is 5.02 Å². The molecule has 6 N–H and O–H groups in total. The van der Waals surface area contributed by atoms with Crippen LogP contribution in [0, 0.1) is 5.41 Å². The molecule has 0 atom stereocenters. The number of hydrogen-bond acceptors (Lipinski definition) is 5. The van der Waals surface area contributed by atoms with E-state index in [9.17, 15) is 4.79 Å². The molecule has 0 spiro atoms. The van der Waals surface area contributed by atoms with E-state index in [0.717, 1.165) is 4.90 Å². The Morgan fingerprint density at radius 3 is 2.72 bits per heavy atom. The second-order valence-electron chi connectivity index (χ2n) is 5.35. The minimum atomic E-state index is -0.442. The van der Waals surface area contributed by atoms with Crippen molar-refractivity contribution in [3.05, 3.63) is 47.4 Å². The fourth-order valence-corrected chi connectivity index (χ4v) is 2.52. The number of carbonyl (C=O) groups excluding carboxylic acids is 1. The van der Waals surface area contributed by atoms with Crippen LogP contribution in [0.25, 0.3) is 10.9 Å². The number of hydrogen-bond donors (Lipinski definition) is 4. The van der Waals surface area contributed by atoms with Gasteiger partial charge in [-0.3, -0.25) is 20.1 Å². The summed E-state index contributed by atoms with van der Waals surface area (Å²) in [7, 11) is 1.42. The molecule has 128 valence electrons. The maximum atomic E-state index is 12.3. The number of rotatable bonds is 3. The summed E-state index contributed by atoms with van der Waals surface area (Å²) in [6, 6.07) is 6.57. The van der Waals surface area contributed by atoms with Gasteiger partial charge in [-0.05, 0) is 6.07 Å². The van der Waals surface area contributed by atoms with Crippen LogP contribution >= 0.6 is 11.6 Å². The molecule has 0 aliphatic carbocycles. The first kappa shape index (κ1) is 16.6. The second-order valence-corrected chi connectivity index (χ2v) is 5.76. The van der Waals surface area contributed by atoms with Crippen molar-refractivity contribution in [1.29, 1.82) is 5.41 Å². The first-order valence-electron chi connectivity index (χ1n) is 7.18. The monoisotopic (exact) mass is 358 g/mol. The highest BCUT2D eigenvalue weighted by atomic mass is 35.5. The maximum absolute atomic E-state index is 12.3. The molecule has 0 saturated heterocycles. The van der Waals surface area contributed by atoms with Crippen molar-refractivity contribution in [3.8, 4) is 11.5 Å². The van der Waals surface area contributed by atoms with E-state index in [1.807, 2.05) is 0 Å². The van der Waals surface area contributed by atoms with Crippen molar-refractivity contribution >= 4 is 40.1 Å². The van der Waals surface area contributed by atoms with Gasteiger partial charge in [-0.15, -0.1) is 0 Å². The van der Waals surface area contributed by atoms with Crippen molar-refractivity contribution in [2.75, 3.05) is 12.8 Å². The summed E-state index contributed by atoms with van der Waals surface area (Å²) >= 11 is 6.29. The molecule has 9 heteroatoms. The van der Waals surface area contributed by atoms with Gasteiger partial charge in [0, 0.05) is 30.6 Å². The number of aromatic nitrogens is 2. The number of pyridine rings is 1. The SMILES string of the molecule is CN(C(=N)N)C(=O)c1cc2c(Cl)cc(Oc3cncc(N)c3)cc2[nH]1. The molecule has 0 saturated carbocycles. The molecule has 0 radical (unpaired) electrons. The maximum Gasteiger partial charge on any atom is 0.276 e. The van der Waals surface area contributed by atoms with E-state index >= 15 is 0 Å². The minimum Gasteiger partial charge on any atom is -0.456 e. The zero-order valence-corrected chi connectivity index (χ0v) is 14.0. The number of fused-ring (bicyclic) bond motifs is 1. The van der Waals surface area contributed by atoms with E-state index in [0.29, 0.717) is 33.1 Å². The Kier molecular flexibility index (Phi) is 4.20. The van der Waals surface area contributed by atoms with Crippen LogP contribution in [0.15, 0.2) is 36.7 Å². The van der Waals surface area contributed by atoms with Gasteiger partial charge in [0.2, 0.25) is 0 Å². The fourth-order valence-electron chi connectivity index (χ4n) is 2.26. The lowest BCUT2D eigenvalue weighted by Crippen LogP contribution is -2.38. The number of nitrogens with zero attached hydrogens (tertiary/aromatic N) is 2. The van der Waals surface area contributed by atoms with Gasteiger partial charge in [0.1, 0.15) is 17.2 Å². The zero-order valence-electron chi connectivity index (χ0n) is 13.2. The summed E-state index contributed by atoms with van der Waals surface area (Å²) in [5, 5.41) is 8.40. The molecule has 1 aromatic carbocycles. The standard InChI is InChI=1S/C16H15ClN6O2/c1-23(16(19)20)15(24)14-5-11-12(17)3-9(4-13(11)22-14)25-10-2-8(18)6-21-7-10/h2-7,22H,18H2,1H3,(H3,19,20). The molecule has 0 fully saturated rings. The summed E-state index contributed by atoms with van der Waals surface area (Å²) in [5.74, 6) is 0.135. The molecule has 3 aromatic rings. The summed E-state index contributed by atoms with van der Waals surface area (Å²) in [6.45, 7) is 0. The van der Waals surface area contributed by atoms with Gasteiger partial charge in [0.25, 0.3) is 5.91 Å². The Morgan fingerprint density at radius 2 is 2.04 bits per heavy atom. The number of nitrogen functional groups attached to an aromatic ring is 1. The van der Waals surface area contributed by atoms with Gasteiger partial charge in [-0.1, -0.05) is 11.6 Å². The van der Waals surface area contributed by atoms with Crippen molar-refractivity contribution in [2.45, 2.75) is 0 Å². The zero-order chi connectivity index (χ0) is 18.1. The third-order valence-corrected chi connectivity index (χ3v) is 3.84. The van der Waals surface area contributed by atoms with E-state index in [1.54, 1.807) is 24.3 Å². The fraction of sp³-hybridized carbons (Fsp3) is 0.0625. The van der Waals surface area contributed by atoms with Gasteiger partial charge in [0.05, 0.1) is 28.6 Å².